The Morgan fingerprint density at radius 3 is 2.60 bits per heavy atom. The summed E-state index contributed by atoms with van der Waals surface area (Å²) in [7, 11) is 1.87. The summed E-state index contributed by atoms with van der Waals surface area (Å²) in [5.41, 5.74) is 6.67. The lowest BCUT2D eigenvalue weighted by atomic mass is 10.0. The maximum atomic E-state index is 12.4. The van der Waals surface area contributed by atoms with E-state index in [1.165, 1.54) is 16.3 Å². The summed E-state index contributed by atoms with van der Waals surface area (Å²) in [4.78, 5) is 14.3. The number of fused-ring (bicyclic) bond motifs is 1. The summed E-state index contributed by atoms with van der Waals surface area (Å²) in [5.74, 6) is 0.188. The van der Waals surface area contributed by atoms with Crippen molar-refractivity contribution in [2.75, 3.05) is 13.6 Å². The molecule has 3 nitrogen and oxygen atoms in total. The number of carbonyl (C=O) groups excluding carboxylic acids is 1. The van der Waals surface area contributed by atoms with E-state index in [1.54, 1.807) is 0 Å². The van der Waals surface area contributed by atoms with Gasteiger partial charge in [-0.25, -0.2) is 0 Å². The second-order valence-corrected chi connectivity index (χ2v) is 5.78. The third-order valence-electron chi connectivity index (χ3n) is 4.33. The lowest BCUT2D eigenvalue weighted by molar-refractivity contribution is -0.135. The molecule has 1 amide bonds. The molecule has 0 bridgehead atoms. The number of nitrogens with zero attached hydrogens (tertiary/aromatic N) is 1. The van der Waals surface area contributed by atoms with Gasteiger partial charge in [-0.1, -0.05) is 42.5 Å². The Balaban J connectivity index is 1.84. The maximum Gasteiger partial charge on any atom is 0.230 e. The van der Waals surface area contributed by atoms with Crippen LogP contribution in [0, 0.1) is 5.41 Å². The number of rotatable bonds is 4. The molecule has 0 radical (unpaired) electrons. The van der Waals surface area contributed by atoms with Gasteiger partial charge in [0.2, 0.25) is 5.91 Å². The zero-order valence-corrected chi connectivity index (χ0v) is 11.8. The third-order valence-corrected chi connectivity index (χ3v) is 4.33. The van der Waals surface area contributed by atoms with E-state index in [0.717, 1.165) is 12.8 Å². The third kappa shape index (κ3) is 2.18. The number of nitrogens with two attached hydrogens (primary N) is 1. The summed E-state index contributed by atoms with van der Waals surface area (Å²) in [6.07, 6.45) is 1.87. The van der Waals surface area contributed by atoms with E-state index >= 15 is 0 Å². The van der Waals surface area contributed by atoms with Crippen molar-refractivity contribution >= 4 is 16.7 Å². The molecule has 2 N–H and O–H groups in total. The molecule has 0 saturated heterocycles. The fourth-order valence-electron chi connectivity index (χ4n) is 2.82. The second-order valence-electron chi connectivity index (χ2n) is 5.78. The highest BCUT2D eigenvalue weighted by atomic mass is 16.2. The molecule has 0 spiro atoms. The van der Waals surface area contributed by atoms with Crippen LogP contribution in [-0.4, -0.2) is 24.4 Å². The van der Waals surface area contributed by atoms with Crippen LogP contribution in [0.1, 0.15) is 18.4 Å². The molecular formula is C17H20N2O. The molecule has 3 heteroatoms. The monoisotopic (exact) mass is 268 g/mol. The van der Waals surface area contributed by atoms with Gasteiger partial charge < -0.3 is 10.6 Å². The van der Waals surface area contributed by atoms with Crippen molar-refractivity contribution in [1.29, 1.82) is 0 Å². The number of hydrogen-bond acceptors (Lipinski definition) is 2. The Kier molecular flexibility index (Phi) is 3.22. The summed E-state index contributed by atoms with van der Waals surface area (Å²) in [6, 6.07) is 14.5. The molecule has 0 aromatic heterocycles. The maximum absolute atomic E-state index is 12.4. The molecule has 104 valence electrons. The average molecular weight is 268 g/mol. The van der Waals surface area contributed by atoms with Crippen LogP contribution in [0.5, 0.6) is 0 Å². The van der Waals surface area contributed by atoms with Gasteiger partial charge >= 0.3 is 0 Å². The van der Waals surface area contributed by atoms with Gasteiger partial charge in [-0.15, -0.1) is 0 Å². The first-order valence-corrected chi connectivity index (χ1v) is 7.09. The summed E-state index contributed by atoms with van der Waals surface area (Å²) < 4.78 is 0. The fraction of sp³-hybridized carbons (Fsp3) is 0.353. The molecular weight excluding hydrogens is 248 g/mol. The van der Waals surface area contributed by atoms with Crippen molar-refractivity contribution in [2.45, 2.75) is 19.4 Å². The van der Waals surface area contributed by atoms with Crippen LogP contribution < -0.4 is 5.73 Å². The Labute approximate surface area is 119 Å². The molecule has 1 aliphatic rings. The largest absolute Gasteiger partial charge is 0.341 e. The normalized spacial score (nSPS) is 16.1. The van der Waals surface area contributed by atoms with E-state index < -0.39 is 0 Å². The number of amides is 1. The highest BCUT2D eigenvalue weighted by Crippen LogP contribution is 2.46. The smallest absolute Gasteiger partial charge is 0.230 e. The van der Waals surface area contributed by atoms with Crippen LogP contribution in [0.4, 0.5) is 0 Å². The van der Waals surface area contributed by atoms with Gasteiger partial charge in [-0.2, -0.15) is 0 Å². The predicted octanol–water partition coefficient (Wildman–Crippen LogP) is 2.54. The quantitative estimate of drug-likeness (QED) is 0.926. The van der Waals surface area contributed by atoms with Gasteiger partial charge in [0, 0.05) is 20.1 Å². The standard InChI is InChI=1S/C17H20N2O/c1-19(16(20)17(12-18)9-10-17)11-14-7-4-6-13-5-2-3-8-15(13)14/h2-8H,9-12,18H2,1H3. The van der Waals surface area contributed by atoms with Gasteiger partial charge in [-0.3, -0.25) is 4.79 Å². The molecule has 0 atom stereocenters. The van der Waals surface area contributed by atoms with Gasteiger partial charge in [0.25, 0.3) is 0 Å². The van der Waals surface area contributed by atoms with E-state index in [4.69, 9.17) is 5.73 Å². The SMILES string of the molecule is CN(Cc1cccc2ccccc12)C(=O)C1(CN)CC1. The van der Waals surface area contributed by atoms with Crippen molar-refractivity contribution < 1.29 is 4.79 Å². The van der Waals surface area contributed by atoms with Crippen molar-refractivity contribution in [3.63, 3.8) is 0 Å². The molecule has 1 aliphatic carbocycles. The van der Waals surface area contributed by atoms with Gasteiger partial charge in [0.05, 0.1) is 5.41 Å². The highest BCUT2D eigenvalue weighted by Gasteiger charge is 2.49. The minimum atomic E-state index is -0.265. The van der Waals surface area contributed by atoms with Gasteiger partial charge in [0.1, 0.15) is 0 Å². The summed E-state index contributed by atoms with van der Waals surface area (Å²) >= 11 is 0. The molecule has 2 aromatic rings. The lowest BCUT2D eigenvalue weighted by Crippen LogP contribution is -2.37. The van der Waals surface area contributed by atoms with E-state index in [1.807, 2.05) is 30.1 Å². The van der Waals surface area contributed by atoms with E-state index in [9.17, 15) is 4.79 Å². The van der Waals surface area contributed by atoms with Crippen molar-refractivity contribution in [1.82, 2.24) is 4.90 Å². The van der Waals surface area contributed by atoms with Crippen LogP contribution in [0.25, 0.3) is 10.8 Å². The number of benzene rings is 2. The predicted molar refractivity (Wildman–Crippen MR) is 81.1 cm³/mol. The zero-order chi connectivity index (χ0) is 14.2. The Hall–Kier alpha value is -1.87. The Morgan fingerprint density at radius 1 is 1.20 bits per heavy atom. The van der Waals surface area contributed by atoms with Crippen LogP contribution in [0.3, 0.4) is 0 Å². The van der Waals surface area contributed by atoms with E-state index in [-0.39, 0.29) is 11.3 Å². The number of hydrogen-bond donors (Lipinski definition) is 1. The second kappa shape index (κ2) is 4.91. The van der Waals surface area contributed by atoms with E-state index in [2.05, 4.69) is 24.3 Å². The lowest BCUT2D eigenvalue weighted by Gasteiger charge is -2.23. The molecule has 20 heavy (non-hydrogen) atoms. The molecule has 1 saturated carbocycles. The minimum absolute atomic E-state index is 0.188. The van der Waals surface area contributed by atoms with Crippen molar-refractivity contribution in [3.05, 3.63) is 48.0 Å². The molecule has 3 rings (SSSR count). The van der Waals surface area contributed by atoms with Crippen LogP contribution >= 0.6 is 0 Å². The Morgan fingerprint density at radius 2 is 1.90 bits per heavy atom. The minimum Gasteiger partial charge on any atom is -0.341 e. The first-order chi connectivity index (χ1) is 9.66. The van der Waals surface area contributed by atoms with Crippen LogP contribution in [0.2, 0.25) is 0 Å². The molecule has 0 aliphatic heterocycles. The van der Waals surface area contributed by atoms with Crippen molar-refractivity contribution in [2.24, 2.45) is 11.1 Å². The molecule has 0 unspecified atom stereocenters. The van der Waals surface area contributed by atoms with Gasteiger partial charge in [0.15, 0.2) is 0 Å². The molecule has 1 fully saturated rings. The topological polar surface area (TPSA) is 46.3 Å². The summed E-state index contributed by atoms with van der Waals surface area (Å²) in [6.45, 7) is 1.10. The highest BCUT2D eigenvalue weighted by molar-refractivity contribution is 5.88. The number of carbonyl (C=O) groups is 1. The average Bonchev–Trinajstić information content (AvgIpc) is 3.28. The first-order valence-electron chi connectivity index (χ1n) is 7.09. The Bertz CT molecular complexity index is 641. The molecule has 2 aromatic carbocycles. The van der Waals surface area contributed by atoms with Gasteiger partial charge in [-0.05, 0) is 29.2 Å². The van der Waals surface area contributed by atoms with Crippen LogP contribution in [0.15, 0.2) is 42.5 Å². The zero-order valence-electron chi connectivity index (χ0n) is 11.8. The summed E-state index contributed by atoms with van der Waals surface area (Å²) in [5, 5.41) is 2.43. The van der Waals surface area contributed by atoms with E-state index in [0.29, 0.717) is 13.1 Å². The molecule has 0 heterocycles. The first kappa shape index (κ1) is 13.1. The van der Waals surface area contributed by atoms with Crippen LogP contribution in [-0.2, 0) is 11.3 Å². The fourth-order valence-corrected chi connectivity index (χ4v) is 2.82. The van der Waals surface area contributed by atoms with Crippen molar-refractivity contribution in [3.8, 4) is 0 Å².